The van der Waals surface area contributed by atoms with Crippen LogP contribution in [0.25, 0.3) is 0 Å². The van der Waals surface area contributed by atoms with Gasteiger partial charge in [-0.15, -0.1) is 0 Å². The van der Waals surface area contributed by atoms with Crippen LogP contribution in [0.1, 0.15) is 10.5 Å². The Balaban J connectivity index is 2.34. The number of nitrogens with two attached hydrogens (primary N) is 3. The summed E-state index contributed by atoms with van der Waals surface area (Å²) in [4.78, 5) is 23.5. The van der Waals surface area contributed by atoms with Crippen molar-refractivity contribution >= 4 is 35.1 Å². The molecule has 0 aromatic carbocycles. The van der Waals surface area contributed by atoms with Crippen molar-refractivity contribution in [3.63, 3.8) is 0 Å². The maximum Gasteiger partial charge on any atom is 0.356 e. The number of aromatic nitrogens is 3. The van der Waals surface area contributed by atoms with E-state index in [0.29, 0.717) is 15.9 Å². The summed E-state index contributed by atoms with van der Waals surface area (Å²) in [6, 6.07) is 4.46. The molecule has 9 heteroatoms. The zero-order valence-electron chi connectivity index (χ0n) is 10.5. The maximum absolute atomic E-state index is 11.4. The van der Waals surface area contributed by atoms with Crippen LogP contribution in [0.5, 0.6) is 0 Å². The first-order valence-electron chi connectivity index (χ1n) is 5.42. The third-order valence-corrected chi connectivity index (χ3v) is 3.10. The highest BCUT2D eigenvalue weighted by Crippen LogP contribution is 2.29. The van der Waals surface area contributed by atoms with E-state index in [1.165, 1.54) is 19.2 Å². The van der Waals surface area contributed by atoms with Gasteiger partial charge in [0, 0.05) is 6.07 Å². The number of esters is 1. The second-order valence-electron chi connectivity index (χ2n) is 3.68. The number of anilines is 3. The van der Waals surface area contributed by atoms with Gasteiger partial charge in [0.05, 0.1) is 12.8 Å². The Kier molecular flexibility index (Phi) is 3.89. The van der Waals surface area contributed by atoms with Gasteiger partial charge in [-0.3, -0.25) is 0 Å². The molecular formula is C11H12N6O2S. The molecule has 2 aromatic rings. The zero-order chi connectivity index (χ0) is 14.7. The predicted molar refractivity (Wildman–Crippen MR) is 75.0 cm³/mol. The van der Waals surface area contributed by atoms with Gasteiger partial charge in [-0.2, -0.15) is 0 Å². The second kappa shape index (κ2) is 5.61. The minimum absolute atomic E-state index is 0.140. The lowest BCUT2D eigenvalue weighted by atomic mass is 10.3. The minimum atomic E-state index is -0.556. The fourth-order valence-corrected chi connectivity index (χ4v) is 2.15. The van der Waals surface area contributed by atoms with E-state index in [2.05, 4.69) is 19.7 Å². The number of rotatable bonds is 3. The Hall–Kier alpha value is -2.55. The summed E-state index contributed by atoms with van der Waals surface area (Å²) in [6.45, 7) is 0. The van der Waals surface area contributed by atoms with Crippen molar-refractivity contribution in [2.24, 2.45) is 0 Å². The van der Waals surface area contributed by atoms with Crippen LogP contribution in [0, 0.1) is 0 Å². The third-order valence-electron chi connectivity index (χ3n) is 2.22. The first-order chi connectivity index (χ1) is 9.49. The molecule has 2 aromatic heterocycles. The highest BCUT2D eigenvalue weighted by molar-refractivity contribution is 7.99. The van der Waals surface area contributed by atoms with Crippen LogP contribution in [-0.2, 0) is 4.74 Å². The lowest BCUT2D eigenvalue weighted by Crippen LogP contribution is -2.06. The molecule has 0 bridgehead atoms. The SMILES string of the molecule is COC(=O)c1ccc(N)c(Sc2nc(N)cc(N)n2)n1. The molecule has 0 aliphatic heterocycles. The van der Waals surface area contributed by atoms with E-state index in [-0.39, 0.29) is 17.3 Å². The van der Waals surface area contributed by atoms with Crippen molar-refractivity contribution in [1.82, 2.24) is 15.0 Å². The van der Waals surface area contributed by atoms with E-state index in [4.69, 9.17) is 17.2 Å². The highest BCUT2D eigenvalue weighted by atomic mass is 32.2. The van der Waals surface area contributed by atoms with Gasteiger partial charge in [0.25, 0.3) is 0 Å². The molecule has 0 aliphatic rings. The first kappa shape index (κ1) is 13.9. The number of nitrogens with zero attached hydrogens (tertiary/aromatic N) is 3. The number of hydrogen-bond acceptors (Lipinski definition) is 9. The number of carbonyl (C=O) groups is 1. The quantitative estimate of drug-likeness (QED) is 0.545. The van der Waals surface area contributed by atoms with E-state index in [1.54, 1.807) is 6.07 Å². The summed E-state index contributed by atoms with van der Waals surface area (Å²) >= 11 is 1.06. The molecule has 104 valence electrons. The van der Waals surface area contributed by atoms with Crippen molar-refractivity contribution in [3.05, 3.63) is 23.9 Å². The summed E-state index contributed by atoms with van der Waals surface area (Å²) in [5.41, 5.74) is 17.5. The summed E-state index contributed by atoms with van der Waals surface area (Å²) in [7, 11) is 1.27. The van der Waals surface area contributed by atoms with Crippen LogP contribution in [0.2, 0.25) is 0 Å². The Morgan fingerprint density at radius 1 is 1.15 bits per heavy atom. The standard InChI is InChI=1S/C11H12N6O2S/c1-19-10(18)6-3-2-5(12)9(15-6)20-11-16-7(13)4-8(14)17-11/h2-4H,12H2,1H3,(H4,13,14,16,17). The van der Waals surface area contributed by atoms with Gasteiger partial charge >= 0.3 is 5.97 Å². The van der Waals surface area contributed by atoms with Gasteiger partial charge in [0.2, 0.25) is 0 Å². The normalized spacial score (nSPS) is 10.2. The van der Waals surface area contributed by atoms with Crippen LogP contribution < -0.4 is 17.2 Å². The number of carbonyl (C=O) groups excluding carboxylic acids is 1. The molecule has 2 heterocycles. The van der Waals surface area contributed by atoms with Crippen molar-refractivity contribution in [2.45, 2.75) is 10.2 Å². The Morgan fingerprint density at radius 3 is 2.40 bits per heavy atom. The molecule has 0 atom stereocenters. The van der Waals surface area contributed by atoms with Gasteiger partial charge in [-0.25, -0.2) is 19.7 Å². The van der Waals surface area contributed by atoms with E-state index in [1.807, 2.05) is 0 Å². The number of methoxy groups -OCH3 is 1. The first-order valence-corrected chi connectivity index (χ1v) is 6.24. The van der Waals surface area contributed by atoms with Crippen LogP contribution in [-0.4, -0.2) is 28.0 Å². The maximum atomic E-state index is 11.4. The third kappa shape index (κ3) is 3.06. The molecule has 20 heavy (non-hydrogen) atoms. The predicted octanol–water partition coefficient (Wildman–Crippen LogP) is 0.556. The molecule has 0 aliphatic carbocycles. The van der Waals surface area contributed by atoms with Crippen molar-refractivity contribution in [3.8, 4) is 0 Å². The Labute approximate surface area is 118 Å². The van der Waals surface area contributed by atoms with Gasteiger partial charge in [0.1, 0.15) is 22.4 Å². The lowest BCUT2D eigenvalue weighted by molar-refractivity contribution is 0.0593. The smallest absolute Gasteiger partial charge is 0.356 e. The minimum Gasteiger partial charge on any atom is -0.464 e. The molecule has 0 fully saturated rings. The van der Waals surface area contributed by atoms with Gasteiger partial charge in [0.15, 0.2) is 5.16 Å². The van der Waals surface area contributed by atoms with Crippen molar-refractivity contribution in [1.29, 1.82) is 0 Å². The van der Waals surface area contributed by atoms with Crippen LogP contribution in [0.4, 0.5) is 17.3 Å². The van der Waals surface area contributed by atoms with Gasteiger partial charge in [-0.05, 0) is 23.9 Å². The van der Waals surface area contributed by atoms with Crippen molar-refractivity contribution in [2.75, 3.05) is 24.3 Å². The summed E-state index contributed by atoms with van der Waals surface area (Å²) < 4.78 is 4.60. The van der Waals surface area contributed by atoms with E-state index in [9.17, 15) is 4.79 Å². The van der Waals surface area contributed by atoms with Gasteiger partial charge < -0.3 is 21.9 Å². The molecular weight excluding hydrogens is 280 g/mol. The Bertz CT molecular complexity index is 643. The summed E-state index contributed by atoms with van der Waals surface area (Å²) in [5.74, 6) is -0.0785. The van der Waals surface area contributed by atoms with E-state index in [0.717, 1.165) is 11.8 Å². The molecule has 0 spiro atoms. The highest BCUT2D eigenvalue weighted by Gasteiger charge is 2.13. The molecule has 8 nitrogen and oxygen atoms in total. The molecule has 0 radical (unpaired) electrons. The molecule has 0 unspecified atom stereocenters. The number of hydrogen-bond donors (Lipinski definition) is 3. The fraction of sp³-hybridized carbons (Fsp3) is 0.0909. The van der Waals surface area contributed by atoms with Crippen LogP contribution in [0.3, 0.4) is 0 Å². The molecule has 0 saturated carbocycles. The Morgan fingerprint density at radius 2 is 1.80 bits per heavy atom. The molecule has 0 saturated heterocycles. The topological polar surface area (TPSA) is 143 Å². The zero-order valence-corrected chi connectivity index (χ0v) is 11.3. The summed E-state index contributed by atoms with van der Waals surface area (Å²) in [6.07, 6.45) is 0. The number of ether oxygens (including phenoxy) is 1. The van der Waals surface area contributed by atoms with Gasteiger partial charge in [-0.1, -0.05) is 0 Å². The molecule has 2 rings (SSSR count). The van der Waals surface area contributed by atoms with E-state index < -0.39 is 5.97 Å². The summed E-state index contributed by atoms with van der Waals surface area (Å²) in [5, 5.41) is 0.668. The molecule has 0 amide bonds. The van der Waals surface area contributed by atoms with Crippen molar-refractivity contribution < 1.29 is 9.53 Å². The number of nitrogen functional groups attached to an aromatic ring is 3. The molecule has 6 N–H and O–H groups in total. The largest absolute Gasteiger partial charge is 0.464 e. The van der Waals surface area contributed by atoms with Crippen LogP contribution >= 0.6 is 11.8 Å². The van der Waals surface area contributed by atoms with Crippen LogP contribution in [0.15, 0.2) is 28.4 Å². The average molecular weight is 292 g/mol. The monoisotopic (exact) mass is 292 g/mol. The number of pyridine rings is 1. The second-order valence-corrected chi connectivity index (χ2v) is 4.64. The lowest BCUT2D eigenvalue weighted by Gasteiger charge is -2.06. The average Bonchev–Trinajstić information content (AvgIpc) is 2.39. The fourth-order valence-electron chi connectivity index (χ4n) is 1.35. The van der Waals surface area contributed by atoms with E-state index >= 15 is 0 Å².